The van der Waals surface area contributed by atoms with Gasteiger partial charge in [0.15, 0.2) is 0 Å². The molecule has 184 valence electrons. The lowest BCUT2D eigenvalue weighted by Crippen LogP contribution is -2.49. The Bertz CT molecular complexity index is 969. The summed E-state index contributed by atoms with van der Waals surface area (Å²) in [5.41, 5.74) is 6.18. The predicted molar refractivity (Wildman–Crippen MR) is 124 cm³/mol. The van der Waals surface area contributed by atoms with Crippen LogP contribution in [0.2, 0.25) is 0 Å². The SMILES string of the molecule is NC(=O)C1CCN(C[C@H]2CC[C@@H]3[C@H](O2)c2cc(C(F)(F)F)ccc2N[C@H]3C2C=CC=CC2)CC1. The third kappa shape index (κ3) is 4.75. The average molecular weight is 476 g/mol. The number of anilines is 1. The maximum absolute atomic E-state index is 13.5. The van der Waals surface area contributed by atoms with Gasteiger partial charge in [0.1, 0.15) is 0 Å². The fraction of sp³-hybridized carbons (Fsp3) is 0.577. The Morgan fingerprint density at radius 2 is 1.94 bits per heavy atom. The number of nitrogens with one attached hydrogen (secondary N) is 1. The summed E-state index contributed by atoms with van der Waals surface area (Å²) in [6, 6.07) is 4.10. The molecule has 0 aromatic heterocycles. The van der Waals surface area contributed by atoms with Crippen LogP contribution in [0.5, 0.6) is 0 Å². The Labute approximate surface area is 198 Å². The standard InChI is InChI=1S/C26H32F3N3O2/c27-26(28,29)18-6-9-22-21(14-18)24-20(23(31-22)16-4-2-1-3-5-16)8-7-19(34-24)15-32-12-10-17(11-13-32)25(30)33/h1-4,6,9,14,16-17,19-20,23-24,31H,5,7-8,10-13,15H2,(H2,30,33)/t16?,19-,20+,23+,24+/m1/s1. The molecule has 3 aliphatic heterocycles. The zero-order valence-electron chi connectivity index (χ0n) is 19.1. The molecule has 0 bridgehead atoms. The zero-order chi connectivity index (χ0) is 23.9. The van der Waals surface area contributed by atoms with Gasteiger partial charge in [-0.25, -0.2) is 0 Å². The first-order valence-corrected chi connectivity index (χ1v) is 12.3. The molecule has 2 saturated heterocycles. The average Bonchev–Trinajstić information content (AvgIpc) is 2.83. The van der Waals surface area contributed by atoms with Gasteiger partial charge in [-0.3, -0.25) is 4.79 Å². The van der Waals surface area contributed by atoms with E-state index in [1.165, 1.54) is 6.07 Å². The number of nitrogens with zero attached hydrogens (tertiary/aromatic N) is 1. The number of hydrogen-bond donors (Lipinski definition) is 2. The van der Waals surface area contributed by atoms with E-state index in [4.69, 9.17) is 10.5 Å². The van der Waals surface area contributed by atoms with Crippen molar-refractivity contribution in [1.82, 2.24) is 4.90 Å². The Hall–Kier alpha value is -2.32. The highest BCUT2D eigenvalue weighted by molar-refractivity contribution is 5.76. The lowest BCUT2D eigenvalue weighted by Gasteiger charge is -2.48. The van der Waals surface area contributed by atoms with Gasteiger partial charge in [-0.05, 0) is 63.4 Å². The zero-order valence-corrected chi connectivity index (χ0v) is 19.1. The number of primary amides is 1. The summed E-state index contributed by atoms with van der Waals surface area (Å²) in [5.74, 6) is 0.0825. The molecule has 4 aliphatic rings. The van der Waals surface area contributed by atoms with Gasteiger partial charge >= 0.3 is 6.18 Å². The quantitative estimate of drug-likeness (QED) is 0.665. The van der Waals surface area contributed by atoms with Gasteiger partial charge in [0, 0.05) is 41.6 Å². The van der Waals surface area contributed by atoms with Crippen LogP contribution >= 0.6 is 0 Å². The van der Waals surface area contributed by atoms with E-state index in [1.807, 2.05) is 6.08 Å². The van der Waals surface area contributed by atoms with Crippen molar-refractivity contribution >= 4 is 11.6 Å². The molecule has 2 fully saturated rings. The third-order valence-corrected chi connectivity index (χ3v) is 7.95. The van der Waals surface area contributed by atoms with Crippen LogP contribution in [0.25, 0.3) is 0 Å². The Kier molecular flexibility index (Phi) is 6.46. The second kappa shape index (κ2) is 9.38. The van der Waals surface area contributed by atoms with Crippen LogP contribution in [0, 0.1) is 17.8 Å². The van der Waals surface area contributed by atoms with E-state index in [2.05, 4.69) is 28.4 Å². The number of alkyl halides is 3. The van der Waals surface area contributed by atoms with Crippen molar-refractivity contribution in [1.29, 1.82) is 0 Å². The van der Waals surface area contributed by atoms with Gasteiger partial charge in [0.2, 0.25) is 5.91 Å². The van der Waals surface area contributed by atoms with E-state index in [1.54, 1.807) is 6.07 Å². The van der Waals surface area contributed by atoms with Crippen LogP contribution in [0.4, 0.5) is 18.9 Å². The number of hydrogen-bond acceptors (Lipinski definition) is 4. The summed E-state index contributed by atoms with van der Waals surface area (Å²) >= 11 is 0. The molecule has 5 rings (SSSR count). The monoisotopic (exact) mass is 475 g/mol. The van der Waals surface area contributed by atoms with Crippen LogP contribution < -0.4 is 11.1 Å². The second-order valence-corrected chi connectivity index (χ2v) is 10.1. The Morgan fingerprint density at radius 3 is 2.62 bits per heavy atom. The Balaban J connectivity index is 1.36. The van der Waals surface area contributed by atoms with E-state index in [0.29, 0.717) is 5.56 Å². The number of piperidine rings is 1. The maximum atomic E-state index is 13.5. The molecule has 0 spiro atoms. The summed E-state index contributed by atoms with van der Waals surface area (Å²) in [4.78, 5) is 13.8. The highest BCUT2D eigenvalue weighted by Gasteiger charge is 2.45. The number of nitrogens with two attached hydrogens (primary N) is 1. The Morgan fingerprint density at radius 1 is 1.15 bits per heavy atom. The number of amides is 1. The third-order valence-electron chi connectivity index (χ3n) is 7.95. The van der Waals surface area contributed by atoms with E-state index in [9.17, 15) is 18.0 Å². The van der Waals surface area contributed by atoms with Gasteiger partial charge in [-0.15, -0.1) is 0 Å². The number of benzene rings is 1. The molecule has 3 N–H and O–H groups in total. The minimum atomic E-state index is -4.39. The van der Waals surface area contributed by atoms with Crippen molar-refractivity contribution < 1.29 is 22.7 Å². The smallest absolute Gasteiger partial charge is 0.381 e. The molecule has 1 unspecified atom stereocenters. The molecule has 5 atom stereocenters. The molecule has 1 amide bonds. The number of fused-ring (bicyclic) bond motifs is 3. The summed E-state index contributed by atoms with van der Waals surface area (Å²) < 4.78 is 47.1. The highest BCUT2D eigenvalue weighted by atomic mass is 19.4. The molecule has 8 heteroatoms. The molecule has 34 heavy (non-hydrogen) atoms. The van der Waals surface area contributed by atoms with Crippen molar-refractivity contribution in [2.75, 3.05) is 25.0 Å². The van der Waals surface area contributed by atoms with E-state index < -0.39 is 11.7 Å². The highest BCUT2D eigenvalue weighted by Crippen LogP contribution is 2.49. The van der Waals surface area contributed by atoms with Gasteiger partial charge in [0.05, 0.1) is 17.8 Å². The fourth-order valence-electron chi connectivity index (χ4n) is 6.08. The molecule has 1 aliphatic carbocycles. The van der Waals surface area contributed by atoms with Crippen LogP contribution in [-0.2, 0) is 15.7 Å². The normalized spacial score (nSPS) is 32.0. The molecule has 0 saturated carbocycles. The lowest BCUT2D eigenvalue weighted by molar-refractivity contribution is -0.138. The first-order valence-electron chi connectivity index (χ1n) is 12.3. The topological polar surface area (TPSA) is 67.6 Å². The number of carbonyl (C=O) groups is 1. The van der Waals surface area contributed by atoms with Crippen molar-refractivity contribution in [3.05, 3.63) is 53.6 Å². The number of rotatable bonds is 4. The minimum absolute atomic E-state index is 0.0469. The van der Waals surface area contributed by atoms with Gasteiger partial charge in [-0.1, -0.05) is 24.3 Å². The van der Waals surface area contributed by atoms with Gasteiger partial charge in [-0.2, -0.15) is 13.2 Å². The number of carbonyl (C=O) groups excluding carboxylic acids is 1. The number of allylic oxidation sites excluding steroid dienone is 3. The van der Waals surface area contributed by atoms with Gasteiger partial charge in [0.25, 0.3) is 0 Å². The van der Waals surface area contributed by atoms with E-state index in [0.717, 1.165) is 63.5 Å². The van der Waals surface area contributed by atoms with Crippen molar-refractivity contribution in [3.8, 4) is 0 Å². The minimum Gasteiger partial charge on any atom is -0.381 e. The first-order chi connectivity index (χ1) is 16.3. The predicted octanol–water partition coefficient (Wildman–Crippen LogP) is 4.67. The molecular formula is C26H32F3N3O2. The van der Waals surface area contributed by atoms with Crippen molar-refractivity contribution in [2.24, 2.45) is 23.5 Å². The first kappa shape index (κ1) is 23.4. The molecular weight excluding hydrogens is 443 g/mol. The molecule has 5 nitrogen and oxygen atoms in total. The number of halogens is 3. The van der Waals surface area contributed by atoms with Crippen molar-refractivity contribution in [2.45, 2.75) is 56.5 Å². The molecule has 1 aromatic carbocycles. The number of likely N-dealkylation sites (tertiary alicyclic amines) is 1. The summed E-state index contributed by atoms with van der Waals surface area (Å²) in [6.07, 6.45) is 7.79. The fourth-order valence-corrected chi connectivity index (χ4v) is 6.08. The molecule has 1 aromatic rings. The lowest BCUT2D eigenvalue weighted by atomic mass is 9.73. The number of ether oxygens (including phenoxy) is 1. The summed E-state index contributed by atoms with van der Waals surface area (Å²) in [5, 5.41) is 3.57. The van der Waals surface area contributed by atoms with Crippen LogP contribution in [0.1, 0.15) is 49.3 Å². The van der Waals surface area contributed by atoms with E-state index >= 15 is 0 Å². The largest absolute Gasteiger partial charge is 0.416 e. The maximum Gasteiger partial charge on any atom is 0.416 e. The molecule has 3 heterocycles. The van der Waals surface area contributed by atoms with E-state index in [-0.39, 0.29) is 41.9 Å². The van der Waals surface area contributed by atoms with Crippen molar-refractivity contribution in [3.63, 3.8) is 0 Å². The molecule has 0 radical (unpaired) electrons. The van der Waals surface area contributed by atoms with Gasteiger partial charge < -0.3 is 20.7 Å². The summed E-state index contributed by atoms with van der Waals surface area (Å²) in [6.45, 7) is 2.31. The van der Waals surface area contributed by atoms with Crippen LogP contribution in [-0.4, -0.2) is 42.6 Å². The second-order valence-electron chi connectivity index (χ2n) is 10.1. The summed E-state index contributed by atoms with van der Waals surface area (Å²) in [7, 11) is 0. The van der Waals surface area contributed by atoms with Crippen LogP contribution in [0.3, 0.4) is 0 Å². The van der Waals surface area contributed by atoms with Crippen LogP contribution in [0.15, 0.2) is 42.5 Å².